The summed E-state index contributed by atoms with van der Waals surface area (Å²) in [5.74, 6) is -1.09. The molecule has 0 aliphatic rings. The van der Waals surface area contributed by atoms with Gasteiger partial charge in [-0.25, -0.2) is 0 Å². The molecule has 0 saturated heterocycles. The van der Waals surface area contributed by atoms with Crippen molar-refractivity contribution in [1.82, 2.24) is 0 Å². The molecule has 1 aromatic rings. The average molecular weight is 206 g/mol. The lowest BCUT2D eigenvalue weighted by Crippen LogP contribution is -1.93. The second-order valence-electron chi connectivity index (χ2n) is 3.22. The van der Waals surface area contributed by atoms with Gasteiger partial charge in [-0.2, -0.15) is 0 Å². The van der Waals surface area contributed by atoms with Gasteiger partial charge in [0.2, 0.25) is 5.75 Å². The number of phenolic OH excluding ortho intramolecular Hbond substituents is 3. The quantitative estimate of drug-likeness (QED) is 0.523. The molecule has 0 radical (unpaired) electrons. The van der Waals surface area contributed by atoms with Crippen molar-refractivity contribution in [2.75, 3.05) is 0 Å². The Kier molecular flexibility index (Phi) is 3.39. The van der Waals surface area contributed by atoms with Gasteiger partial charge in [-0.1, -0.05) is 12.2 Å². The van der Waals surface area contributed by atoms with Crippen LogP contribution in [0.1, 0.15) is 11.1 Å². The molecule has 0 unspecified atom stereocenters. The van der Waals surface area contributed by atoms with E-state index in [0.29, 0.717) is 18.4 Å². The van der Waals surface area contributed by atoms with Crippen LogP contribution in [0.25, 0.3) is 0 Å². The molecule has 3 N–H and O–H groups in total. The van der Waals surface area contributed by atoms with Crippen LogP contribution in [0.4, 0.5) is 0 Å². The van der Waals surface area contributed by atoms with E-state index in [1.165, 1.54) is 6.07 Å². The molecule has 0 saturated carbocycles. The fourth-order valence-corrected chi connectivity index (χ4v) is 1.45. The average Bonchev–Trinajstić information content (AvgIpc) is 2.21. The molecule has 1 rings (SSSR count). The van der Waals surface area contributed by atoms with E-state index >= 15 is 0 Å². The Labute approximate surface area is 88.6 Å². The van der Waals surface area contributed by atoms with Crippen LogP contribution in [-0.2, 0) is 12.8 Å². The number of rotatable bonds is 4. The summed E-state index contributed by atoms with van der Waals surface area (Å²) >= 11 is 0. The summed E-state index contributed by atoms with van der Waals surface area (Å²) in [7, 11) is 0. The van der Waals surface area contributed by atoms with E-state index in [1.54, 1.807) is 12.2 Å². The molecular formula is C12H14O3. The Balaban J connectivity index is 3.35. The number of phenols is 3. The van der Waals surface area contributed by atoms with Gasteiger partial charge in [0.1, 0.15) is 0 Å². The van der Waals surface area contributed by atoms with Gasteiger partial charge in [0.25, 0.3) is 0 Å². The van der Waals surface area contributed by atoms with Gasteiger partial charge in [0.15, 0.2) is 11.5 Å². The van der Waals surface area contributed by atoms with E-state index in [4.69, 9.17) is 0 Å². The predicted molar refractivity (Wildman–Crippen MR) is 59.2 cm³/mol. The van der Waals surface area contributed by atoms with Crippen molar-refractivity contribution in [3.8, 4) is 17.2 Å². The van der Waals surface area contributed by atoms with Gasteiger partial charge in [-0.15, -0.1) is 13.2 Å². The van der Waals surface area contributed by atoms with E-state index in [-0.39, 0.29) is 11.5 Å². The summed E-state index contributed by atoms with van der Waals surface area (Å²) in [5, 5.41) is 28.3. The number of allylic oxidation sites excluding steroid dienone is 2. The lowest BCUT2D eigenvalue weighted by Gasteiger charge is -2.11. The molecule has 0 aromatic heterocycles. The Morgan fingerprint density at radius 1 is 1.00 bits per heavy atom. The molecular weight excluding hydrogens is 192 g/mol. The van der Waals surface area contributed by atoms with Gasteiger partial charge >= 0.3 is 0 Å². The molecule has 0 aliphatic carbocycles. The Hall–Kier alpha value is -1.90. The highest BCUT2D eigenvalue weighted by atomic mass is 16.3. The summed E-state index contributed by atoms with van der Waals surface area (Å²) in [6, 6.07) is 1.43. The van der Waals surface area contributed by atoms with Gasteiger partial charge < -0.3 is 15.3 Å². The van der Waals surface area contributed by atoms with Gasteiger partial charge in [0, 0.05) is 5.56 Å². The molecule has 1 aromatic carbocycles. The third-order valence-electron chi connectivity index (χ3n) is 2.16. The van der Waals surface area contributed by atoms with Crippen molar-refractivity contribution >= 4 is 0 Å². The predicted octanol–water partition coefficient (Wildman–Crippen LogP) is 2.26. The fraction of sp³-hybridized carbons (Fsp3) is 0.167. The summed E-state index contributed by atoms with van der Waals surface area (Å²) in [6.07, 6.45) is 4.24. The van der Waals surface area contributed by atoms with Crippen molar-refractivity contribution in [2.45, 2.75) is 12.8 Å². The Morgan fingerprint density at radius 2 is 1.60 bits per heavy atom. The molecule has 3 nitrogen and oxygen atoms in total. The standard InChI is InChI=1S/C12H14O3/c1-3-5-8-7-10(13)12(15)11(14)9(8)6-4-2/h3-4,7,13-15H,1-2,5-6H2. The summed E-state index contributed by atoms with van der Waals surface area (Å²) < 4.78 is 0. The second-order valence-corrected chi connectivity index (χ2v) is 3.22. The van der Waals surface area contributed by atoms with Gasteiger partial charge in [0.05, 0.1) is 0 Å². The van der Waals surface area contributed by atoms with Crippen LogP contribution in [-0.4, -0.2) is 15.3 Å². The highest BCUT2D eigenvalue weighted by molar-refractivity contribution is 5.57. The molecule has 0 atom stereocenters. The molecule has 0 aliphatic heterocycles. The summed E-state index contributed by atoms with van der Waals surface area (Å²) in [6.45, 7) is 7.16. The highest BCUT2D eigenvalue weighted by Gasteiger charge is 2.14. The first-order valence-corrected chi connectivity index (χ1v) is 4.59. The number of hydrogen-bond donors (Lipinski definition) is 3. The smallest absolute Gasteiger partial charge is 0.200 e. The second kappa shape index (κ2) is 4.55. The fourth-order valence-electron chi connectivity index (χ4n) is 1.45. The van der Waals surface area contributed by atoms with Crippen LogP contribution >= 0.6 is 0 Å². The lowest BCUT2D eigenvalue weighted by atomic mass is 9.99. The van der Waals surface area contributed by atoms with E-state index in [9.17, 15) is 15.3 Å². The maximum absolute atomic E-state index is 9.62. The third-order valence-corrected chi connectivity index (χ3v) is 2.16. The zero-order valence-electron chi connectivity index (χ0n) is 8.40. The Bertz CT molecular complexity index is 394. The van der Waals surface area contributed by atoms with E-state index < -0.39 is 5.75 Å². The molecule has 0 fully saturated rings. The van der Waals surface area contributed by atoms with E-state index in [2.05, 4.69) is 13.2 Å². The molecule has 0 bridgehead atoms. The molecule has 0 amide bonds. The minimum Gasteiger partial charge on any atom is -0.504 e. The summed E-state index contributed by atoms with van der Waals surface area (Å²) in [4.78, 5) is 0. The number of aromatic hydroxyl groups is 3. The SMILES string of the molecule is C=CCc1cc(O)c(O)c(O)c1CC=C. The van der Waals surface area contributed by atoms with Crippen LogP contribution in [0.3, 0.4) is 0 Å². The van der Waals surface area contributed by atoms with Crippen molar-refractivity contribution in [2.24, 2.45) is 0 Å². The molecule has 15 heavy (non-hydrogen) atoms. The number of hydrogen-bond acceptors (Lipinski definition) is 3. The minimum atomic E-state index is -0.486. The molecule has 3 heteroatoms. The highest BCUT2D eigenvalue weighted by Crippen LogP contribution is 2.40. The van der Waals surface area contributed by atoms with Crippen molar-refractivity contribution in [3.63, 3.8) is 0 Å². The van der Waals surface area contributed by atoms with Crippen LogP contribution in [0.2, 0.25) is 0 Å². The monoisotopic (exact) mass is 206 g/mol. The molecule has 0 heterocycles. The van der Waals surface area contributed by atoms with Crippen molar-refractivity contribution < 1.29 is 15.3 Å². The van der Waals surface area contributed by atoms with Crippen molar-refractivity contribution in [1.29, 1.82) is 0 Å². The third kappa shape index (κ3) is 2.13. The van der Waals surface area contributed by atoms with E-state index in [1.807, 2.05) is 0 Å². The molecule has 80 valence electrons. The number of benzene rings is 1. The normalized spacial score (nSPS) is 9.87. The van der Waals surface area contributed by atoms with Crippen LogP contribution in [0, 0.1) is 0 Å². The topological polar surface area (TPSA) is 60.7 Å². The van der Waals surface area contributed by atoms with Gasteiger partial charge in [-0.3, -0.25) is 0 Å². The maximum Gasteiger partial charge on any atom is 0.200 e. The van der Waals surface area contributed by atoms with Crippen LogP contribution in [0.5, 0.6) is 17.2 Å². The Morgan fingerprint density at radius 3 is 2.13 bits per heavy atom. The molecule has 0 spiro atoms. The first-order valence-electron chi connectivity index (χ1n) is 4.59. The van der Waals surface area contributed by atoms with E-state index in [0.717, 1.165) is 5.56 Å². The largest absolute Gasteiger partial charge is 0.504 e. The van der Waals surface area contributed by atoms with Crippen LogP contribution in [0.15, 0.2) is 31.4 Å². The van der Waals surface area contributed by atoms with Gasteiger partial charge in [-0.05, 0) is 24.5 Å². The lowest BCUT2D eigenvalue weighted by molar-refractivity contribution is 0.365. The minimum absolute atomic E-state index is 0.285. The van der Waals surface area contributed by atoms with Crippen LogP contribution < -0.4 is 0 Å². The first-order chi connectivity index (χ1) is 7.11. The summed E-state index contributed by atoms with van der Waals surface area (Å²) in [5.41, 5.74) is 1.30. The first kappa shape index (κ1) is 11.2. The maximum atomic E-state index is 9.62. The van der Waals surface area contributed by atoms with Crippen molar-refractivity contribution in [3.05, 3.63) is 42.5 Å². The zero-order chi connectivity index (χ0) is 11.4. The zero-order valence-corrected chi connectivity index (χ0v) is 8.40.